The van der Waals surface area contributed by atoms with Gasteiger partial charge in [-0.25, -0.2) is 8.78 Å². The Kier molecular flexibility index (Phi) is 3.16. The van der Waals surface area contributed by atoms with Crippen molar-refractivity contribution in [2.75, 3.05) is 5.75 Å². The summed E-state index contributed by atoms with van der Waals surface area (Å²) in [5.74, 6) is -2.56. The summed E-state index contributed by atoms with van der Waals surface area (Å²) in [7, 11) is 0. The fourth-order valence-electron chi connectivity index (χ4n) is 2.75. The molecular weight excluding hydrogens is 234 g/mol. The maximum absolute atomic E-state index is 13.1. The molecular formula is C11H16F2O2S. The van der Waals surface area contributed by atoms with E-state index in [-0.39, 0.29) is 30.9 Å². The van der Waals surface area contributed by atoms with E-state index in [1.807, 2.05) is 0 Å². The Labute approximate surface area is 97.8 Å². The second-order valence-electron chi connectivity index (χ2n) is 4.82. The minimum Gasteiger partial charge on any atom is -0.481 e. The van der Waals surface area contributed by atoms with Crippen LogP contribution >= 0.6 is 11.8 Å². The number of hydrogen-bond donors (Lipinski definition) is 1. The lowest BCUT2D eigenvalue weighted by Crippen LogP contribution is -2.45. The largest absolute Gasteiger partial charge is 0.481 e. The minimum absolute atomic E-state index is 0.0427. The highest BCUT2D eigenvalue weighted by atomic mass is 32.2. The van der Waals surface area contributed by atoms with Crippen molar-refractivity contribution in [2.24, 2.45) is 5.41 Å². The number of carbonyl (C=O) groups is 1. The lowest BCUT2D eigenvalue weighted by molar-refractivity contribution is -0.156. The van der Waals surface area contributed by atoms with E-state index in [1.54, 1.807) is 11.8 Å². The van der Waals surface area contributed by atoms with Crippen molar-refractivity contribution in [3.05, 3.63) is 0 Å². The summed E-state index contributed by atoms with van der Waals surface area (Å²) in [6, 6.07) is 0. The molecule has 0 amide bonds. The van der Waals surface area contributed by atoms with E-state index in [1.165, 1.54) is 0 Å². The van der Waals surface area contributed by atoms with Crippen LogP contribution in [-0.4, -0.2) is 28.0 Å². The first-order chi connectivity index (χ1) is 7.46. The highest BCUT2D eigenvalue weighted by Gasteiger charge is 2.53. The van der Waals surface area contributed by atoms with Crippen LogP contribution in [-0.2, 0) is 4.79 Å². The predicted molar refractivity (Wildman–Crippen MR) is 59.0 cm³/mol. The maximum atomic E-state index is 13.1. The molecule has 2 rings (SSSR count). The Morgan fingerprint density at radius 2 is 1.88 bits per heavy atom. The lowest BCUT2D eigenvalue weighted by atomic mass is 9.69. The quantitative estimate of drug-likeness (QED) is 0.818. The van der Waals surface area contributed by atoms with E-state index in [0.717, 1.165) is 18.6 Å². The van der Waals surface area contributed by atoms with Gasteiger partial charge in [0.1, 0.15) is 0 Å². The lowest BCUT2D eigenvalue weighted by Gasteiger charge is -2.40. The highest BCUT2D eigenvalue weighted by Crippen LogP contribution is 2.52. The van der Waals surface area contributed by atoms with Crippen LogP contribution in [0.4, 0.5) is 8.78 Å². The van der Waals surface area contributed by atoms with Crippen LogP contribution in [0.3, 0.4) is 0 Å². The summed E-state index contributed by atoms with van der Waals surface area (Å²) >= 11 is 1.65. The van der Waals surface area contributed by atoms with Gasteiger partial charge in [-0.05, 0) is 31.4 Å². The summed E-state index contributed by atoms with van der Waals surface area (Å²) in [5.41, 5.74) is -0.886. The van der Waals surface area contributed by atoms with Gasteiger partial charge >= 0.3 is 5.97 Å². The van der Waals surface area contributed by atoms with Gasteiger partial charge in [0.2, 0.25) is 5.92 Å². The van der Waals surface area contributed by atoms with Crippen molar-refractivity contribution < 1.29 is 18.7 Å². The molecule has 1 saturated heterocycles. The summed E-state index contributed by atoms with van der Waals surface area (Å²) in [5, 5.41) is 9.40. The molecule has 0 aromatic carbocycles. The molecule has 2 nitrogen and oxygen atoms in total. The first-order valence-corrected chi connectivity index (χ1v) is 6.74. The van der Waals surface area contributed by atoms with E-state index in [9.17, 15) is 18.7 Å². The number of alkyl halides is 2. The molecule has 1 aliphatic heterocycles. The van der Waals surface area contributed by atoms with Crippen molar-refractivity contribution in [1.29, 1.82) is 0 Å². The Bertz CT molecular complexity index is 278. The van der Waals surface area contributed by atoms with Gasteiger partial charge in [-0.2, -0.15) is 11.8 Å². The van der Waals surface area contributed by atoms with Gasteiger partial charge < -0.3 is 5.11 Å². The third kappa shape index (κ3) is 2.06. The standard InChI is InChI=1S/C11H16F2O2S/c12-11(13)5-3-10(4-6-11,9(14)15)8-2-1-7-16-8/h8H,1-7H2,(H,14,15). The predicted octanol–water partition coefficient (Wildman–Crippen LogP) is 3.16. The molecule has 1 saturated carbocycles. The van der Waals surface area contributed by atoms with Crippen LogP contribution in [0.2, 0.25) is 0 Å². The number of hydrogen-bond acceptors (Lipinski definition) is 2. The van der Waals surface area contributed by atoms with E-state index in [0.29, 0.717) is 0 Å². The Morgan fingerprint density at radius 3 is 2.31 bits per heavy atom. The number of thioether (sulfide) groups is 1. The van der Waals surface area contributed by atoms with Gasteiger partial charge in [0, 0.05) is 18.1 Å². The number of carboxylic acid groups (broad SMARTS) is 1. The second-order valence-corrected chi connectivity index (χ2v) is 6.13. The zero-order valence-corrected chi connectivity index (χ0v) is 9.86. The van der Waals surface area contributed by atoms with E-state index in [4.69, 9.17) is 0 Å². The smallest absolute Gasteiger partial charge is 0.310 e. The molecule has 92 valence electrons. The van der Waals surface area contributed by atoms with E-state index >= 15 is 0 Å². The molecule has 1 atom stereocenters. The van der Waals surface area contributed by atoms with Gasteiger partial charge in [0.25, 0.3) is 0 Å². The molecule has 1 aliphatic carbocycles. The zero-order valence-electron chi connectivity index (χ0n) is 9.05. The zero-order chi connectivity index (χ0) is 11.8. The number of rotatable bonds is 2. The molecule has 2 aliphatic rings. The van der Waals surface area contributed by atoms with Crippen molar-refractivity contribution in [3.63, 3.8) is 0 Å². The third-order valence-corrected chi connectivity index (χ3v) is 5.46. The van der Waals surface area contributed by atoms with Crippen molar-refractivity contribution >= 4 is 17.7 Å². The van der Waals surface area contributed by atoms with Crippen LogP contribution in [0, 0.1) is 5.41 Å². The second kappa shape index (κ2) is 4.17. The van der Waals surface area contributed by atoms with Crippen molar-refractivity contribution in [3.8, 4) is 0 Å². The van der Waals surface area contributed by atoms with Gasteiger partial charge in [-0.15, -0.1) is 0 Å². The number of aliphatic carboxylic acids is 1. The number of carboxylic acids is 1. The summed E-state index contributed by atoms with van der Waals surface area (Å²) in [6.07, 6.45) is 1.61. The SMILES string of the molecule is O=C(O)C1(C2CCCS2)CCC(F)(F)CC1. The Balaban J connectivity index is 2.14. The van der Waals surface area contributed by atoms with Crippen molar-refractivity contribution in [2.45, 2.75) is 49.7 Å². The molecule has 16 heavy (non-hydrogen) atoms. The molecule has 0 spiro atoms. The summed E-state index contributed by atoms with van der Waals surface area (Å²) in [4.78, 5) is 11.4. The fourth-order valence-corrected chi connectivity index (χ4v) is 4.36. The van der Waals surface area contributed by atoms with E-state index in [2.05, 4.69) is 0 Å². The van der Waals surface area contributed by atoms with E-state index < -0.39 is 17.3 Å². The third-order valence-electron chi connectivity index (χ3n) is 3.85. The molecule has 1 N–H and O–H groups in total. The molecule has 0 radical (unpaired) electrons. The topological polar surface area (TPSA) is 37.3 Å². The van der Waals surface area contributed by atoms with Crippen LogP contribution < -0.4 is 0 Å². The first kappa shape index (κ1) is 12.1. The van der Waals surface area contributed by atoms with Gasteiger partial charge in [-0.3, -0.25) is 4.79 Å². The van der Waals surface area contributed by atoms with Crippen LogP contribution in [0.1, 0.15) is 38.5 Å². The molecule has 0 aromatic rings. The molecule has 0 bridgehead atoms. The monoisotopic (exact) mass is 250 g/mol. The Morgan fingerprint density at radius 1 is 1.25 bits per heavy atom. The molecule has 1 heterocycles. The van der Waals surface area contributed by atoms with Gasteiger partial charge in [0.15, 0.2) is 0 Å². The average molecular weight is 250 g/mol. The summed E-state index contributed by atoms with van der Waals surface area (Å²) in [6.45, 7) is 0. The molecule has 5 heteroatoms. The first-order valence-electron chi connectivity index (χ1n) is 5.69. The Hall–Kier alpha value is -0.320. The van der Waals surface area contributed by atoms with Crippen LogP contribution in [0.15, 0.2) is 0 Å². The fraction of sp³-hybridized carbons (Fsp3) is 0.909. The average Bonchev–Trinajstić information content (AvgIpc) is 2.71. The molecule has 1 unspecified atom stereocenters. The number of halogens is 2. The highest BCUT2D eigenvalue weighted by molar-refractivity contribution is 8.00. The summed E-state index contributed by atoms with van der Waals surface area (Å²) < 4.78 is 26.2. The van der Waals surface area contributed by atoms with Gasteiger partial charge in [0.05, 0.1) is 5.41 Å². The molecule has 2 fully saturated rings. The maximum Gasteiger partial charge on any atom is 0.310 e. The minimum atomic E-state index is -2.65. The van der Waals surface area contributed by atoms with Crippen LogP contribution in [0.5, 0.6) is 0 Å². The molecule has 0 aromatic heterocycles. The van der Waals surface area contributed by atoms with Crippen molar-refractivity contribution in [1.82, 2.24) is 0 Å². The normalized spacial score (nSPS) is 32.5. The van der Waals surface area contributed by atoms with Gasteiger partial charge in [-0.1, -0.05) is 0 Å². The van der Waals surface area contributed by atoms with Crippen LogP contribution in [0.25, 0.3) is 0 Å².